The molecule has 0 atom stereocenters. The second kappa shape index (κ2) is 6.05. The van der Waals surface area contributed by atoms with Crippen LogP contribution in [0.2, 0.25) is 0 Å². The Morgan fingerprint density at radius 2 is 1.90 bits per heavy atom. The van der Waals surface area contributed by atoms with Crippen LogP contribution in [0, 0.1) is 0 Å². The van der Waals surface area contributed by atoms with Gasteiger partial charge in [-0.25, -0.2) is 0 Å². The largest absolute Gasteiger partial charge is 0.504 e. The molecule has 0 heterocycles. The van der Waals surface area contributed by atoms with E-state index >= 15 is 0 Å². The Morgan fingerprint density at radius 1 is 1.15 bits per heavy atom. The van der Waals surface area contributed by atoms with Gasteiger partial charge < -0.3 is 20.4 Å². The number of aromatic hydroxyl groups is 2. The number of benzene rings is 2. The molecule has 0 aromatic heterocycles. The van der Waals surface area contributed by atoms with Gasteiger partial charge >= 0.3 is 0 Å². The zero-order chi connectivity index (χ0) is 14.7. The van der Waals surface area contributed by atoms with Crippen LogP contribution < -0.4 is 10.2 Å². The van der Waals surface area contributed by atoms with Crippen molar-refractivity contribution in [1.82, 2.24) is 0 Å². The topological polar surface area (TPSA) is 55.7 Å². The van der Waals surface area contributed by atoms with Crippen LogP contribution in [0.4, 0.5) is 11.4 Å². The molecule has 5 heteroatoms. The third kappa shape index (κ3) is 3.17. The van der Waals surface area contributed by atoms with E-state index in [4.69, 9.17) is 0 Å². The molecule has 0 aliphatic rings. The van der Waals surface area contributed by atoms with E-state index in [0.29, 0.717) is 12.1 Å². The minimum absolute atomic E-state index is 0.0820. The lowest BCUT2D eigenvalue weighted by Crippen LogP contribution is -2.12. The monoisotopic (exact) mass is 336 g/mol. The van der Waals surface area contributed by atoms with Crippen molar-refractivity contribution in [1.29, 1.82) is 0 Å². The van der Waals surface area contributed by atoms with Gasteiger partial charge in [0.25, 0.3) is 0 Å². The van der Waals surface area contributed by atoms with Crippen molar-refractivity contribution in [3.8, 4) is 11.5 Å². The molecule has 0 saturated carbocycles. The van der Waals surface area contributed by atoms with Gasteiger partial charge in [-0.3, -0.25) is 0 Å². The Kier molecular flexibility index (Phi) is 4.39. The molecule has 0 unspecified atom stereocenters. The van der Waals surface area contributed by atoms with E-state index in [0.717, 1.165) is 15.8 Å². The van der Waals surface area contributed by atoms with Gasteiger partial charge in [0.1, 0.15) is 0 Å². The average molecular weight is 337 g/mol. The first-order chi connectivity index (χ1) is 9.49. The zero-order valence-electron chi connectivity index (χ0n) is 11.4. The first-order valence-corrected chi connectivity index (χ1v) is 6.99. The lowest BCUT2D eigenvalue weighted by molar-refractivity contribution is 0.400. The molecule has 2 rings (SSSR count). The lowest BCUT2D eigenvalue weighted by Gasteiger charge is -2.19. The molecule has 0 radical (unpaired) electrons. The second-order valence-electron chi connectivity index (χ2n) is 4.69. The van der Waals surface area contributed by atoms with Crippen molar-refractivity contribution in [3.63, 3.8) is 0 Å². The van der Waals surface area contributed by atoms with E-state index in [1.54, 1.807) is 12.1 Å². The fourth-order valence-corrected chi connectivity index (χ4v) is 2.31. The normalized spacial score (nSPS) is 10.3. The minimum Gasteiger partial charge on any atom is -0.504 e. The highest BCUT2D eigenvalue weighted by atomic mass is 79.9. The lowest BCUT2D eigenvalue weighted by atomic mass is 10.1. The fraction of sp³-hybridized carbons (Fsp3) is 0.200. The summed E-state index contributed by atoms with van der Waals surface area (Å²) >= 11 is 3.45. The van der Waals surface area contributed by atoms with Crippen LogP contribution in [0.1, 0.15) is 5.56 Å². The Balaban J connectivity index is 2.22. The summed E-state index contributed by atoms with van der Waals surface area (Å²) in [6.45, 7) is 0.428. The van der Waals surface area contributed by atoms with Crippen molar-refractivity contribution in [3.05, 3.63) is 46.4 Å². The number of hydrogen-bond donors (Lipinski definition) is 3. The molecule has 0 amide bonds. The quantitative estimate of drug-likeness (QED) is 0.747. The Morgan fingerprint density at radius 3 is 2.60 bits per heavy atom. The molecule has 106 valence electrons. The third-order valence-electron chi connectivity index (χ3n) is 3.01. The van der Waals surface area contributed by atoms with Gasteiger partial charge in [0.2, 0.25) is 0 Å². The molecule has 0 aliphatic heterocycles. The summed E-state index contributed by atoms with van der Waals surface area (Å²) in [5, 5.41) is 22.6. The number of hydrogen-bond acceptors (Lipinski definition) is 4. The first-order valence-electron chi connectivity index (χ1n) is 6.19. The molecular formula is C15H17BrN2O2. The zero-order valence-corrected chi connectivity index (χ0v) is 13.0. The summed E-state index contributed by atoms with van der Waals surface area (Å²) < 4.78 is 0.978. The average Bonchev–Trinajstić information content (AvgIpc) is 2.40. The highest BCUT2D eigenvalue weighted by Crippen LogP contribution is 2.31. The number of nitrogens with one attached hydrogen (secondary N) is 1. The molecule has 0 fully saturated rings. The highest BCUT2D eigenvalue weighted by Gasteiger charge is 2.08. The highest BCUT2D eigenvalue weighted by molar-refractivity contribution is 9.10. The SMILES string of the molecule is CN(C)c1ccc(Br)cc1NCc1cccc(O)c1O. The molecule has 0 aliphatic carbocycles. The molecule has 2 aromatic rings. The molecule has 2 aromatic carbocycles. The summed E-state index contributed by atoms with van der Waals surface area (Å²) in [4.78, 5) is 2.01. The molecule has 20 heavy (non-hydrogen) atoms. The van der Waals surface area contributed by atoms with Gasteiger partial charge in [0, 0.05) is 30.7 Å². The standard InChI is InChI=1S/C15H17BrN2O2/c1-18(2)13-7-6-11(16)8-12(13)17-9-10-4-3-5-14(19)15(10)20/h3-8,17,19-20H,9H2,1-2H3. The number of nitrogens with zero attached hydrogens (tertiary/aromatic N) is 1. The van der Waals surface area contributed by atoms with E-state index in [1.165, 1.54) is 6.07 Å². The van der Waals surface area contributed by atoms with Crippen molar-refractivity contribution >= 4 is 27.3 Å². The van der Waals surface area contributed by atoms with Gasteiger partial charge in [-0.2, -0.15) is 0 Å². The number of phenols is 2. The van der Waals surface area contributed by atoms with Gasteiger partial charge in [0.05, 0.1) is 11.4 Å². The minimum atomic E-state index is -0.105. The number of para-hydroxylation sites is 1. The maximum absolute atomic E-state index is 9.80. The van der Waals surface area contributed by atoms with E-state index in [2.05, 4.69) is 21.2 Å². The predicted octanol–water partition coefficient (Wildman–Crippen LogP) is 3.54. The smallest absolute Gasteiger partial charge is 0.162 e. The van der Waals surface area contributed by atoms with Gasteiger partial charge in [-0.1, -0.05) is 28.1 Å². The van der Waals surface area contributed by atoms with Crippen LogP contribution in [0.25, 0.3) is 0 Å². The van der Waals surface area contributed by atoms with E-state index in [1.807, 2.05) is 37.2 Å². The van der Waals surface area contributed by atoms with Crippen molar-refractivity contribution < 1.29 is 10.2 Å². The van der Waals surface area contributed by atoms with E-state index < -0.39 is 0 Å². The molecule has 4 nitrogen and oxygen atoms in total. The predicted molar refractivity (Wildman–Crippen MR) is 85.6 cm³/mol. The van der Waals surface area contributed by atoms with E-state index in [9.17, 15) is 10.2 Å². The number of anilines is 2. The third-order valence-corrected chi connectivity index (χ3v) is 3.50. The molecular weight excluding hydrogens is 320 g/mol. The molecule has 0 saturated heterocycles. The van der Waals surface area contributed by atoms with Crippen LogP contribution in [-0.4, -0.2) is 24.3 Å². The van der Waals surface area contributed by atoms with Crippen molar-refractivity contribution in [2.45, 2.75) is 6.54 Å². The van der Waals surface area contributed by atoms with E-state index in [-0.39, 0.29) is 11.5 Å². The summed E-state index contributed by atoms with van der Waals surface area (Å²) in [6.07, 6.45) is 0. The second-order valence-corrected chi connectivity index (χ2v) is 5.61. The van der Waals surface area contributed by atoms with Crippen molar-refractivity contribution in [2.24, 2.45) is 0 Å². The number of phenolic OH excluding ortho intramolecular Hbond substituents is 2. The summed E-state index contributed by atoms with van der Waals surface area (Å²) in [5.41, 5.74) is 2.65. The van der Waals surface area contributed by atoms with Gasteiger partial charge in [0.15, 0.2) is 11.5 Å². The van der Waals surface area contributed by atoms with Crippen LogP contribution in [-0.2, 0) is 6.54 Å². The fourth-order valence-electron chi connectivity index (χ4n) is 1.95. The number of halogens is 1. The molecule has 0 spiro atoms. The summed E-state index contributed by atoms with van der Waals surface area (Å²) in [6, 6.07) is 10.9. The first kappa shape index (κ1) is 14.5. The van der Waals surface area contributed by atoms with Crippen LogP contribution in [0.15, 0.2) is 40.9 Å². The van der Waals surface area contributed by atoms with Gasteiger partial charge in [-0.05, 0) is 24.3 Å². The van der Waals surface area contributed by atoms with Crippen LogP contribution in [0.5, 0.6) is 11.5 Å². The Bertz CT molecular complexity index is 615. The molecule has 0 bridgehead atoms. The Labute approximate surface area is 126 Å². The Hall–Kier alpha value is -1.88. The summed E-state index contributed by atoms with van der Waals surface area (Å²) in [7, 11) is 3.94. The van der Waals surface area contributed by atoms with Crippen LogP contribution in [0.3, 0.4) is 0 Å². The van der Waals surface area contributed by atoms with Crippen LogP contribution >= 0.6 is 15.9 Å². The maximum Gasteiger partial charge on any atom is 0.162 e. The number of rotatable bonds is 4. The maximum atomic E-state index is 9.80. The van der Waals surface area contributed by atoms with Crippen molar-refractivity contribution in [2.75, 3.05) is 24.3 Å². The van der Waals surface area contributed by atoms with Gasteiger partial charge in [-0.15, -0.1) is 0 Å². The molecule has 3 N–H and O–H groups in total. The summed E-state index contributed by atoms with van der Waals surface area (Å²) in [5.74, 6) is -0.187.